The average molecular weight is 267 g/mol. The Morgan fingerprint density at radius 1 is 1.58 bits per heavy atom. The van der Waals surface area contributed by atoms with E-state index in [1.54, 1.807) is 6.07 Å². The maximum atomic E-state index is 9.42. The average Bonchev–Trinajstić information content (AvgIpc) is 2.47. The Kier molecular flexibility index (Phi) is 4.89. The first kappa shape index (κ1) is 14.0. The summed E-state index contributed by atoms with van der Waals surface area (Å²) in [5.41, 5.74) is 2.57. The van der Waals surface area contributed by atoms with E-state index in [-0.39, 0.29) is 12.6 Å². The lowest BCUT2D eigenvalue weighted by Gasteiger charge is -2.35. The van der Waals surface area contributed by atoms with Crippen molar-refractivity contribution in [2.75, 3.05) is 36.7 Å². The molecule has 0 bridgehead atoms. The molecule has 1 saturated heterocycles. The summed E-state index contributed by atoms with van der Waals surface area (Å²) in [5, 5.41) is 9.42. The van der Waals surface area contributed by atoms with Gasteiger partial charge in [-0.25, -0.2) is 15.8 Å². The molecular weight excluding hydrogens is 246 g/mol. The topological polar surface area (TPSA) is 96.5 Å². The zero-order chi connectivity index (χ0) is 13.7. The minimum Gasteiger partial charge on any atom is -0.394 e. The molecule has 0 saturated carbocycles. The molecule has 0 amide bonds. The zero-order valence-corrected chi connectivity index (χ0v) is 11.2. The molecule has 1 aliphatic rings. The second-order valence-corrected chi connectivity index (χ2v) is 4.53. The van der Waals surface area contributed by atoms with Crippen LogP contribution in [0.3, 0.4) is 0 Å². The van der Waals surface area contributed by atoms with Crippen LogP contribution in [0.2, 0.25) is 0 Å². The molecule has 7 nitrogen and oxygen atoms in total. The number of aryl methyl sites for hydroxylation is 1. The number of nitrogens with one attached hydrogen (secondary N) is 1. The van der Waals surface area contributed by atoms with Gasteiger partial charge in [0, 0.05) is 19.0 Å². The summed E-state index contributed by atoms with van der Waals surface area (Å²) in [4.78, 5) is 10.9. The predicted octanol–water partition coefficient (Wildman–Crippen LogP) is -0.0878. The van der Waals surface area contributed by atoms with Crippen LogP contribution in [0.1, 0.15) is 19.2 Å². The summed E-state index contributed by atoms with van der Waals surface area (Å²) < 4.78 is 5.37. The van der Waals surface area contributed by atoms with Gasteiger partial charge in [0.25, 0.3) is 0 Å². The Labute approximate surface area is 112 Å². The molecule has 0 aromatic carbocycles. The highest BCUT2D eigenvalue weighted by molar-refractivity contribution is 5.50. The number of nitrogens with zero attached hydrogens (tertiary/aromatic N) is 3. The molecule has 1 aromatic rings. The smallest absolute Gasteiger partial charge is 0.145 e. The molecule has 0 spiro atoms. The van der Waals surface area contributed by atoms with Gasteiger partial charge in [-0.15, -0.1) is 0 Å². The third-order valence-corrected chi connectivity index (χ3v) is 3.11. The fraction of sp³-hybridized carbons (Fsp3) is 0.667. The second kappa shape index (κ2) is 6.65. The third-order valence-electron chi connectivity index (χ3n) is 3.11. The Morgan fingerprint density at radius 2 is 2.42 bits per heavy atom. The van der Waals surface area contributed by atoms with Gasteiger partial charge >= 0.3 is 0 Å². The van der Waals surface area contributed by atoms with Crippen LogP contribution in [0.25, 0.3) is 0 Å². The van der Waals surface area contributed by atoms with E-state index in [4.69, 9.17) is 10.6 Å². The SMILES string of the molecule is CCCc1nc(NN)cc(N2CCOCC2CO)n1. The number of aromatic nitrogens is 2. The van der Waals surface area contributed by atoms with Crippen LogP contribution in [-0.4, -0.2) is 47.5 Å². The number of nitrogens with two attached hydrogens (primary N) is 1. The lowest BCUT2D eigenvalue weighted by Crippen LogP contribution is -2.48. The van der Waals surface area contributed by atoms with E-state index in [0.717, 1.165) is 24.5 Å². The van der Waals surface area contributed by atoms with Crippen LogP contribution < -0.4 is 16.2 Å². The highest BCUT2D eigenvalue weighted by atomic mass is 16.5. The molecule has 106 valence electrons. The molecule has 1 fully saturated rings. The molecule has 1 aromatic heterocycles. The van der Waals surface area contributed by atoms with Crippen LogP contribution in [-0.2, 0) is 11.2 Å². The number of nitrogen functional groups attached to an aromatic ring is 1. The molecule has 1 unspecified atom stereocenters. The normalized spacial score (nSPS) is 19.5. The second-order valence-electron chi connectivity index (χ2n) is 4.53. The summed E-state index contributed by atoms with van der Waals surface area (Å²) in [6.45, 7) is 3.97. The third kappa shape index (κ3) is 3.31. The van der Waals surface area contributed by atoms with Crippen molar-refractivity contribution < 1.29 is 9.84 Å². The molecule has 7 heteroatoms. The molecule has 4 N–H and O–H groups in total. The maximum absolute atomic E-state index is 9.42. The number of aliphatic hydroxyl groups excluding tert-OH is 1. The molecule has 1 aliphatic heterocycles. The molecule has 0 aliphatic carbocycles. The first-order chi connectivity index (χ1) is 9.28. The highest BCUT2D eigenvalue weighted by Gasteiger charge is 2.24. The summed E-state index contributed by atoms with van der Waals surface area (Å²) >= 11 is 0. The quantitative estimate of drug-likeness (QED) is 0.507. The van der Waals surface area contributed by atoms with Gasteiger partial charge in [-0.2, -0.15) is 0 Å². The van der Waals surface area contributed by atoms with Crippen molar-refractivity contribution in [2.45, 2.75) is 25.8 Å². The van der Waals surface area contributed by atoms with Crippen LogP contribution in [0.5, 0.6) is 0 Å². The number of aliphatic hydroxyl groups is 1. The number of ether oxygens (including phenoxy) is 1. The van der Waals surface area contributed by atoms with E-state index >= 15 is 0 Å². The van der Waals surface area contributed by atoms with E-state index in [1.165, 1.54) is 0 Å². The molecule has 2 rings (SSSR count). The fourth-order valence-corrected chi connectivity index (χ4v) is 2.15. The number of hydrogen-bond acceptors (Lipinski definition) is 7. The summed E-state index contributed by atoms with van der Waals surface area (Å²) in [6, 6.07) is 1.73. The largest absolute Gasteiger partial charge is 0.394 e. The molecule has 1 atom stereocenters. The van der Waals surface area contributed by atoms with Crippen molar-refractivity contribution in [3.8, 4) is 0 Å². The van der Waals surface area contributed by atoms with Crippen LogP contribution >= 0.6 is 0 Å². The van der Waals surface area contributed by atoms with Gasteiger partial charge in [0.05, 0.1) is 25.9 Å². The number of hydrazine groups is 1. The van der Waals surface area contributed by atoms with Crippen molar-refractivity contribution in [3.05, 3.63) is 11.9 Å². The lowest BCUT2D eigenvalue weighted by molar-refractivity contribution is 0.0722. The van der Waals surface area contributed by atoms with Crippen molar-refractivity contribution in [1.82, 2.24) is 9.97 Å². The van der Waals surface area contributed by atoms with Crippen molar-refractivity contribution in [3.63, 3.8) is 0 Å². The van der Waals surface area contributed by atoms with E-state index in [1.807, 2.05) is 4.90 Å². The molecule has 0 radical (unpaired) electrons. The van der Waals surface area contributed by atoms with Gasteiger partial charge in [-0.05, 0) is 6.42 Å². The summed E-state index contributed by atoms with van der Waals surface area (Å²) in [7, 11) is 0. The molecular formula is C12H21N5O2. The van der Waals surface area contributed by atoms with Crippen molar-refractivity contribution in [1.29, 1.82) is 0 Å². The highest BCUT2D eigenvalue weighted by Crippen LogP contribution is 2.20. The van der Waals surface area contributed by atoms with Crippen molar-refractivity contribution in [2.24, 2.45) is 5.84 Å². The van der Waals surface area contributed by atoms with Crippen LogP contribution in [0.15, 0.2) is 6.07 Å². The van der Waals surface area contributed by atoms with Crippen molar-refractivity contribution >= 4 is 11.6 Å². The van der Waals surface area contributed by atoms with E-state index in [9.17, 15) is 5.11 Å². The Hall–Kier alpha value is -1.44. The first-order valence-corrected chi connectivity index (χ1v) is 6.58. The Balaban J connectivity index is 2.28. The summed E-state index contributed by atoms with van der Waals surface area (Å²) in [5.74, 6) is 7.59. The number of anilines is 2. The standard InChI is InChI=1S/C12H21N5O2/c1-2-3-10-14-11(16-13)6-12(15-10)17-4-5-19-8-9(17)7-18/h6,9,18H,2-5,7-8,13H2,1H3,(H,14,15,16). The minimum absolute atomic E-state index is 0.0402. The fourth-order valence-electron chi connectivity index (χ4n) is 2.15. The van der Waals surface area contributed by atoms with Gasteiger partial charge in [0.1, 0.15) is 17.5 Å². The zero-order valence-electron chi connectivity index (χ0n) is 11.2. The molecule has 2 heterocycles. The van der Waals surface area contributed by atoms with Gasteiger partial charge in [0.2, 0.25) is 0 Å². The first-order valence-electron chi connectivity index (χ1n) is 6.58. The van der Waals surface area contributed by atoms with Gasteiger partial charge in [-0.1, -0.05) is 6.92 Å². The lowest BCUT2D eigenvalue weighted by atomic mass is 10.2. The van der Waals surface area contributed by atoms with Crippen LogP contribution in [0.4, 0.5) is 11.6 Å². The van der Waals surface area contributed by atoms with Gasteiger partial charge in [-0.3, -0.25) is 0 Å². The summed E-state index contributed by atoms with van der Waals surface area (Å²) in [6.07, 6.45) is 1.77. The monoisotopic (exact) mass is 267 g/mol. The van der Waals surface area contributed by atoms with E-state index in [0.29, 0.717) is 25.6 Å². The Morgan fingerprint density at radius 3 is 3.11 bits per heavy atom. The van der Waals surface area contributed by atoms with Gasteiger partial charge in [0.15, 0.2) is 0 Å². The number of rotatable bonds is 5. The van der Waals surface area contributed by atoms with E-state index in [2.05, 4.69) is 22.3 Å². The van der Waals surface area contributed by atoms with E-state index < -0.39 is 0 Å². The van der Waals surface area contributed by atoms with Crippen LogP contribution in [0, 0.1) is 0 Å². The Bertz CT molecular complexity index is 415. The predicted molar refractivity (Wildman–Crippen MR) is 72.9 cm³/mol. The number of morpholine rings is 1. The maximum Gasteiger partial charge on any atom is 0.145 e. The number of hydrogen-bond donors (Lipinski definition) is 3. The van der Waals surface area contributed by atoms with Gasteiger partial charge < -0.3 is 20.2 Å². The molecule has 19 heavy (non-hydrogen) atoms. The minimum atomic E-state index is -0.0660.